The zero-order valence-corrected chi connectivity index (χ0v) is 44.1. The molecule has 1 amide bonds. The summed E-state index contributed by atoms with van der Waals surface area (Å²) in [5.74, 6) is -0.220. The van der Waals surface area contributed by atoms with Crippen LogP contribution in [0.1, 0.15) is 239 Å². The minimum absolute atomic E-state index is 0.0125. The number of nitrogens with zero attached hydrogens (tertiary/aromatic N) is 1. The molecule has 380 valence electrons. The van der Waals surface area contributed by atoms with E-state index in [0.717, 1.165) is 64.2 Å². The van der Waals surface area contributed by atoms with E-state index >= 15 is 0 Å². The highest BCUT2D eigenvalue weighted by atomic mass is 31.2. The van der Waals surface area contributed by atoms with Gasteiger partial charge in [-0.25, -0.2) is 0 Å². The van der Waals surface area contributed by atoms with Crippen LogP contribution in [-0.2, 0) is 18.4 Å². The maximum atomic E-state index is 12.9. The fraction of sp³-hybridized carbons (Fsp3) is 0.804. The number of likely N-dealkylation sites (N-methyl/N-ethyl adjacent to an activating group) is 1. The largest absolute Gasteiger partial charge is 0.756 e. The van der Waals surface area contributed by atoms with Crippen LogP contribution in [0.2, 0.25) is 0 Å². The Labute approximate surface area is 402 Å². The SMILES string of the molecule is CCCCCC/C=C\C/C=C\CCCCCCCCCC(=O)NC(COP(=O)([O-])OCC[N+](C)(C)C)C(O)/C=C/CC/C=C/CC/C=C/CCCCCCCCCCCCCCCCC. The van der Waals surface area contributed by atoms with Crippen molar-refractivity contribution in [2.24, 2.45) is 0 Å². The molecular weight excluding hydrogens is 828 g/mol. The van der Waals surface area contributed by atoms with Gasteiger partial charge in [-0.2, -0.15) is 0 Å². The highest BCUT2D eigenvalue weighted by Gasteiger charge is 2.23. The van der Waals surface area contributed by atoms with Gasteiger partial charge < -0.3 is 28.8 Å². The summed E-state index contributed by atoms with van der Waals surface area (Å²) in [5.41, 5.74) is 0. The Morgan fingerprint density at radius 2 is 0.908 bits per heavy atom. The molecule has 9 heteroatoms. The Morgan fingerprint density at radius 3 is 1.35 bits per heavy atom. The van der Waals surface area contributed by atoms with Crippen LogP contribution >= 0.6 is 7.82 Å². The Balaban J connectivity index is 4.35. The summed E-state index contributed by atoms with van der Waals surface area (Å²) in [7, 11) is 1.23. The molecule has 0 heterocycles. The topological polar surface area (TPSA) is 108 Å². The van der Waals surface area contributed by atoms with Crippen LogP contribution in [0, 0.1) is 0 Å². The van der Waals surface area contributed by atoms with Crippen molar-refractivity contribution in [3.05, 3.63) is 60.8 Å². The molecule has 0 bridgehead atoms. The standard InChI is InChI=1S/C56H105N2O6P/c1-6-8-10-12-14-16-18-20-22-24-26-27-28-29-30-31-32-33-35-37-39-41-43-45-47-49-55(59)54(53-64-65(61,62)63-52-51-58(3,4)5)57-56(60)50-48-46-44-42-40-38-36-34-25-23-21-19-17-15-13-11-9-7-2/h17,19,23,25,32-33,39,41,47,49,54-55,59H,6-16,18,20-22,24,26-31,34-38,40,42-46,48,50-53H2,1-5H3,(H-,57,60,61,62)/b19-17-,25-23-,33-32+,41-39+,49-47+. The summed E-state index contributed by atoms with van der Waals surface area (Å²) in [4.78, 5) is 25.4. The Hall–Kier alpha value is -1.80. The molecule has 3 unspecified atom stereocenters. The number of aliphatic hydroxyl groups excluding tert-OH is 1. The minimum atomic E-state index is -4.61. The van der Waals surface area contributed by atoms with Crippen LogP contribution in [0.25, 0.3) is 0 Å². The minimum Gasteiger partial charge on any atom is -0.756 e. The van der Waals surface area contributed by atoms with Crippen molar-refractivity contribution < 1.29 is 32.9 Å². The number of quaternary nitrogens is 1. The zero-order valence-electron chi connectivity index (χ0n) is 43.2. The molecule has 3 atom stereocenters. The Morgan fingerprint density at radius 1 is 0.538 bits per heavy atom. The first kappa shape index (κ1) is 63.2. The molecule has 0 aromatic rings. The van der Waals surface area contributed by atoms with Crippen LogP contribution in [0.3, 0.4) is 0 Å². The molecule has 0 aliphatic rings. The number of aliphatic hydroxyl groups is 1. The third-order valence-corrected chi connectivity index (χ3v) is 12.9. The van der Waals surface area contributed by atoms with Crippen molar-refractivity contribution in [2.45, 2.75) is 251 Å². The van der Waals surface area contributed by atoms with Crippen molar-refractivity contribution in [1.29, 1.82) is 0 Å². The van der Waals surface area contributed by atoms with Crippen LogP contribution in [0.5, 0.6) is 0 Å². The van der Waals surface area contributed by atoms with Crippen molar-refractivity contribution in [1.82, 2.24) is 5.32 Å². The Kier molecular flexibility index (Phi) is 46.0. The molecule has 0 aliphatic carbocycles. The molecular formula is C56H105N2O6P. The molecule has 0 spiro atoms. The lowest BCUT2D eigenvalue weighted by atomic mass is 10.0. The zero-order chi connectivity index (χ0) is 47.8. The summed E-state index contributed by atoms with van der Waals surface area (Å²) in [6.07, 6.45) is 62.9. The summed E-state index contributed by atoms with van der Waals surface area (Å²) < 4.78 is 23.3. The van der Waals surface area contributed by atoms with E-state index in [1.807, 2.05) is 27.2 Å². The molecule has 0 aromatic carbocycles. The van der Waals surface area contributed by atoms with Gasteiger partial charge in [0, 0.05) is 6.42 Å². The number of phosphoric ester groups is 1. The van der Waals surface area contributed by atoms with Gasteiger partial charge >= 0.3 is 0 Å². The van der Waals surface area contributed by atoms with E-state index in [-0.39, 0.29) is 12.5 Å². The van der Waals surface area contributed by atoms with Gasteiger partial charge in [0.05, 0.1) is 39.9 Å². The highest BCUT2D eigenvalue weighted by molar-refractivity contribution is 7.45. The van der Waals surface area contributed by atoms with Crippen LogP contribution < -0.4 is 10.2 Å². The number of carbonyl (C=O) groups is 1. The van der Waals surface area contributed by atoms with E-state index < -0.39 is 26.6 Å². The molecule has 0 radical (unpaired) electrons. The maximum Gasteiger partial charge on any atom is 0.268 e. The molecule has 0 aromatic heterocycles. The lowest BCUT2D eigenvalue weighted by Crippen LogP contribution is -2.45. The smallest absolute Gasteiger partial charge is 0.268 e. The van der Waals surface area contributed by atoms with Crippen LogP contribution in [0.4, 0.5) is 0 Å². The quantitative estimate of drug-likeness (QED) is 0.0272. The number of carbonyl (C=O) groups excluding carboxylic acids is 1. The normalized spacial score (nSPS) is 14.5. The monoisotopic (exact) mass is 933 g/mol. The number of unbranched alkanes of at least 4 members (excludes halogenated alkanes) is 28. The van der Waals surface area contributed by atoms with Crippen molar-refractivity contribution in [3.8, 4) is 0 Å². The fourth-order valence-corrected chi connectivity index (χ4v) is 8.35. The van der Waals surface area contributed by atoms with E-state index in [4.69, 9.17) is 9.05 Å². The van der Waals surface area contributed by atoms with Gasteiger partial charge in [0.2, 0.25) is 5.91 Å². The second-order valence-corrected chi connectivity index (χ2v) is 21.0. The van der Waals surface area contributed by atoms with Gasteiger partial charge in [0.1, 0.15) is 13.2 Å². The second kappa shape index (κ2) is 47.3. The van der Waals surface area contributed by atoms with E-state index in [1.165, 1.54) is 154 Å². The second-order valence-electron chi connectivity index (χ2n) is 19.6. The molecule has 0 fully saturated rings. The van der Waals surface area contributed by atoms with Gasteiger partial charge in [-0.1, -0.05) is 216 Å². The molecule has 0 saturated heterocycles. The molecule has 0 aliphatic heterocycles. The predicted molar refractivity (Wildman–Crippen MR) is 279 cm³/mol. The number of allylic oxidation sites excluding steroid dienone is 9. The third-order valence-electron chi connectivity index (χ3n) is 11.9. The fourth-order valence-electron chi connectivity index (χ4n) is 7.63. The highest BCUT2D eigenvalue weighted by Crippen LogP contribution is 2.38. The van der Waals surface area contributed by atoms with Gasteiger partial charge in [0.15, 0.2) is 0 Å². The molecule has 8 nitrogen and oxygen atoms in total. The van der Waals surface area contributed by atoms with Gasteiger partial charge in [-0.15, -0.1) is 0 Å². The van der Waals surface area contributed by atoms with E-state index in [2.05, 4.69) is 67.8 Å². The maximum absolute atomic E-state index is 12.9. The van der Waals surface area contributed by atoms with Gasteiger partial charge in [-0.3, -0.25) is 9.36 Å². The van der Waals surface area contributed by atoms with Crippen molar-refractivity contribution >= 4 is 13.7 Å². The lowest BCUT2D eigenvalue weighted by molar-refractivity contribution is -0.870. The third kappa shape index (κ3) is 49.9. The average Bonchev–Trinajstić information content (AvgIpc) is 3.26. The summed E-state index contributed by atoms with van der Waals surface area (Å²) in [6.45, 7) is 4.61. The number of hydrogen-bond acceptors (Lipinski definition) is 6. The summed E-state index contributed by atoms with van der Waals surface area (Å²) in [6, 6.07) is -0.916. The van der Waals surface area contributed by atoms with Crippen LogP contribution in [-0.4, -0.2) is 68.5 Å². The first-order valence-corrected chi connectivity index (χ1v) is 28.6. The molecule has 2 N–H and O–H groups in total. The van der Waals surface area contributed by atoms with Gasteiger partial charge in [0.25, 0.3) is 7.82 Å². The number of nitrogens with one attached hydrogen (secondary N) is 1. The molecule has 0 rings (SSSR count). The first-order valence-electron chi connectivity index (χ1n) is 27.2. The van der Waals surface area contributed by atoms with E-state index in [1.54, 1.807) is 6.08 Å². The van der Waals surface area contributed by atoms with Crippen molar-refractivity contribution in [3.63, 3.8) is 0 Å². The summed E-state index contributed by atoms with van der Waals surface area (Å²) >= 11 is 0. The number of rotatable bonds is 49. The van der Waals surface area contributed by atoms with Crippen LogP contribution in [0.15, 0.2) is 60.8 Å². The van der Waals surface area contributed by atoms with E-state index in [9.17, 15) is 19.4 Å². The number of hydrogen-bond donors (Lipinski definition) is 2. The average molecular weight is 933 g/mol. The predicted octanol–water partition coefficient (Wildman–Crippen LogP) is 15.5. The number of amides is 1. The van der Waals surface area contributed by atoms with Gasteiger partial charge in [-0.05, 0) is 77.0 Å². The first-order chi connectivity index (χ1) is 31.5. The summed E-state index contributed by atoms with van der Waals surface area (Å²) in [5, 5.41) is 13.8. The van der Waals surface area contributed by atoms with E-state index in [0.29, 0.717) is 17.4 Å². The Bertz CT molecular complexity index is 1240. The molecule has 0 saturated carbocycles. The number of phosphoric acid groups is 1. The lowest BCUT2D eigenvalue weighted by Gasteiger charge is -2.29. The van der Waals surface area contributed by atoms with Crippen molar-refractivity contribution in [2.75, 3.05) is 40.9 Å². The molecule has 65 heavy (non-hydrogen) atoms.